The fourth-order valence-electron chi connectivity index (χ4n) is 1.87. The molecule has 4 heteroatoms. The minimum Gasteiger partial charge on any atom is -0.497 e. The molecular formula is C15H16ClNO2. The van der Waals surface area contributed by atoms with Crippen molar-refractivity contribution in [2.24, 2.45) is 5.73 Å². The molecule has 2 rings (SSSR count). The smallest absolute Gasteiger partial charge is 0.123 e. The van der Waals surface area contributed by atoms with E-state index in [0.29, 0.717) is 11.6 Å². The van der Waals surface area contributed by atoms with Gasteiger partial charge in [0.25, 0.3) is 0 Å². The Morgan fingerprint density at radius 1 is 0.947 bits per heavy atom. The molecule has 19 heavy (non-hydrogen) atoms. The molecule has 0 atom stereocenters. The molecule has 2 N–H and O–H groups in total. The monoisotopic (exact) mass is 277 g/mol. The van der Waals surface area contributed by atoms with Crippen LogP contribution in [0, 0.1) is 0 Å². The summed E-state index contributed by atoms with van der Waals surface area (Å²) < 4.78 is 10.5. The summed E-state index contributed by atoms with van der Waals surface area (Å²) in [6.07, 6.45) is 0. The van der Waals surface area contributed by atoms with E-state index in [9.17, 15) is 0 Å². The Bertz CT molecular complexity index is 562. The topological polar surface area (TPSA) is 44.5 Å². The van der Waals surface area contributed by atoms with Gasteiger partial charge < -0.3 is 15.2 Å². The van der Waals surface area contributed by atoms with Crippen LogP contribution in [0.2, 0.25) is 5.02 Å². The maximum atomic E-state index is 6.18. The predicted molar refractivity (Wildman–Crippen MR) is 77.9 cm³/mol. The van der Waals surface area contributed by atoms with Crippen LogP contribution >= 0.6 is 11.6 Å². The Kier molecular flexibility index (Phi) is 4.30. The van der Waals surface area contributed by atoms with Crippen LogP contribution in [0.4, 0.5) is 0 Å². The Labute approximate surface area is 117 Å². The van der Waals surface area contributed by atoms with Crippen molar-refractivity contribution in [1.29, 1.82) is 0 Å². The van der Waals surface area contributed by atoms with Gasteiger partial charge in [-0.2, -0.15) is 0 Å². The second-order valence-electron chi connectivity index (χ2n) is 4.11. The van der Waals surface area contributed by atoms with E-state index in [1.807, 2.05) is 36.4 Å². The van der Waals surface area contributed by atoms with Gasteiger partial charge in [0.05, 0.1) is 14.2 Å². The number of rotatable bonds is 4. The number of nitrogens with two attached hydrogens (primary N) is 1. The van der Waals surface area contributed by atoms with Gasteiger partial charge in [-0.05, 0) is 34.9 Å². The maximum absolute atomic E-state index is 6.18. The number of halogens is 1. The van der Waals surface area contributed by atoms with Crippen molar-refractivity contribution in [1.82, 2.24) is 0 Å². The molecule has 2 aromatic carbocycles. The van der Waals surface area contributed by atoms with Crippen LogP contribution in [0.1, 0.15) is 5.56 Å². The predicted octanol–water partition coefficient (Wildman–Crippen LogP) is 3.48. The van der Waals surface area contributed by atoms with Gasteiger partial charge in [0.15, 0.2) is 0 Å². The largest absolute Gasteiger partial charge is 0.497 e. The second kappa shape index (κ2) is 5.95. The van der Waals surface area contributed by atoms with E-state index in [4.69, 9.17) is 26.8 Å². The molecule has 0 unspecified atom stereocenters. The first kappa shape index (κ1) is 13.7. The van der Waals surface area contributed by atoms with E-state index in [1.54, 1.807) is 14.2 Å². The summed E-state index contributed by atoms with van der Waals surface area (Å²) in [6, 6.07) is 11.5. The average molecular weight is 278 g/mol. The van der Waals surface area contributed by atoms with E-state index in [-0.39, 0.29) is 0 Å². The number of ether oxygens (including phenoxy) is 2. The summed E-state index contributed by atoms with van der Waals surface area (Å²) in [7, 11) is 3.26. The molecule has 0 heterocycles. The summed E-state index contributed by atoms with van der Waals surface area (Å²) >= 11 is 6.18. The lowest BCUT2D eigenvalue weighted by Crippen LogP contribution is -1.97. The molecule has 0 bridgehead atoms. The fraction of sp³-hybridized carbons (Fsp3) is 0.200. The van der Waals surface area contributed by atoms with Crippen LogP contribution in [0.25, 0.3) is 11.1 Å². The standard InChI is InChI=1S/C15H16ClNO2/c1-18-13-5-12(6-14(8-13)19-2)10-3-4-11(9-17)15(16)7-10/h3-8H,9,17H2,1-2H3. The van der Waals surface area contributed by atoms with Crippen LogP contribution in [0.15, 0.2) is 36.4 Å². The number of methoxy groups -OCH3 is 2. The van der Waals surface area contributed by atoms with Crippen molar-refractivity contribution >= 4 is 11.6 Å². The summed E-state index contributed by atoms with van der Waals surface area (Å²) in [4.78, 5) is 0. The summed E-state index contributed by atoms with van der Waals surface area (Å²) in [5.74, 6) is 1.49. The van der Waals surface area contributed by atoms with Crippen LogP contribution in [0.3, 0.4) is 0 Å². The van der Waals surface area contributed by atoms with Gasteiger partial charge in [-0.15, -0.1) is 0 Å². The van der Waals surface area contributed by atoms with Crippen molar-refractivity contribution in [3.05, 3.63) is 47.0 Å². The second-order valence-corrected chi connectivity index (χ2v) is 4.52. The third kappa shape index (κ3) is 3.00. The van der Waals surface area contributed by atoms with Crippen molar-refractivity contribution in [3.63, 3.8) is 0 Å². The van der Waals surface area contributed by atoms with Gasteiger partial charge in [0.2, 0.25) is 0 Å². The number of hydrogen-bond donors (Lipinski definition) is 1. The zero-order valence-electron chi connectivity index (χ0n) is 10.9. The first-order valence-electron chi connectivity index (χ1n) is 5.90. The molecule has 0 aromatic heterocycles. The zero-order valence-corrected chi connectivity index (χ0v) is 11.7. The average Bonchev–Trinajstić information content (AvgIpc) is 2.46. The molecule has 0 aliphatic carbocycles. The number of hydrogen-bond acceptors (Lipinski definition) is 3. The minimum atomic E-state index is 0.431. The Balaban J connectivity index is 2.48. The lowest BCUT2D eigenvalue weighted by molar-refractivity contribution is 0.394. The minimum absolute atomic E-state index is 0.431. The molecule has 0 saturated carbocycles. The van der Waals surface area contributed by atoms with Crippen LogP contribution < -0.4 is 15.2 Å². The lowest BCUT2D eigenvalue weighted by Gasteiger charge is -2.10. The molecule has 0 aliphatic heterocycles. The highest BCUT2D eigenvalue weighted by Gasteiger charge is 2.06. The maximum Gasteiger partial charge on any atom is 0.123 e. The summed E-state index contributed by atoms with van der Waals surface area (Å²) in [5, 5.41) is 0.668. The highest BCUT2D eigenvalue weighted by Crippen LogP contribution is 2.31. The van der Waals surface area contributed by atoms with Crippen molar-refractivity contribution in [3.8, 4) is 22.6 Å². The van der Waals surface area contributed by atoms with Gasteiger partial charge in [-0.25, -0.2) is 0 Å². The quantitative estimate of drug-likeness (QED) is 0.930. The molecule has 0 amide bonds. The molecule has 2 aromatic rings. The van der Waals surface area contributed by atoms with Crippen molar-refractivity contribution in [2.75, 3.05) is 14.2 Å². The molecule has 0 aliphatic rings. The first-order valence-corrected chi connectivity index (χ1v) is 6.27. The zero-order chi connectivity index (χ0) is 13.8. The lowest BCUT2D eigenvalue weighted by atomic mass is 10.0. The van der Waals surface area contributed by atoms with Crippen molar-refractivity contribution < 1.29 is 9.47 Å². The van der Waals surface area contributed by atoms with E-state index in [0.717, 1.165) is 28.2 Å². The van der Waals surface area contributed by atoms with E-state index < -0.39 is 0 Å². The molecule has 0 saturated heterocycles. The molecule has 100 valence electrons. The van der Waals surface area contributed by atoms with Crippen LogP contribution in [-0.2, 0) is 6.54 Å². The van der Waals surface area contributed by atoms with E-state index in [2.05, 4.69) is 0 Å². The van der Waals surface area contributed by atoms with Crippen molar-refractivity contribution in [2.45, 2.75) is 6.54 Å². The Hall–Kier alpha value is -1.71. The summed E-state index contributed by atoms with van der Waals surface area (Å²) in [5.41, 5.74) is 8.52. The van der Waals surface area contributed by atoms with Gasteiger partial charge in [-0.3, -0.25) is 0 Å². The third-order valence-electron chi connectivity index (χ3n) is 2.96. The highest BCUT2D eigenvalue weighted by molar-refractivity contribution is 6.31. The van der Waals surface area contributed by atoms with E-state index in [1.165, 1.54) is 0 Å². The summed E-state index contributed by atoms with van der Waals surface area (Å²) in [6.45, 7) is 0.431. The van der Waals surface area contributed by atoms with Gasteiger partial charge >= 0.3 is 0 Å². The Morgan fingerprint density at radius 3 is 2.05 bits per heavy atom. The highest BCUT2D eigenvalue weighted by atomic mass is 35.5. The van der Waals surface area contributed by atoms with Crippen LogP contribution in [0.5, 0.6) is 11.5 Å². The fourth-order valence-corrected chi connectivity index (χ4v) is 2.12. The van der Waals surface area contributed by atoms with Gasteiger partial charge in [0.1, 0.15) is 11.5 Å². The van der Waals surface area contributed by atoms with Gasteiger partial charge in [-0.1, -0.05) is 23.7 Å². The Morgan fingerprint density at radius 2 is 1.58 bits per heavy atom. The SMILES string of the molecule is COc1cc(OC)cc(-c2ccc(CN)c(Cl)c2)c1. The number of benzene rings is 2. The molecule has 0 spiro atoms. The third-order valence-corrected chi connectivity index (χ3v) is 3.31. The van der Waals surface area contributed by atoms with Gasteiger partial charge in [0, 0.05) is 17.6 Å². The van der Waals surface area contributed by atoms with Crippen LogP contribution in [-0.4, -0.2) is 14.2 Å². The molecule has 0 radical (unpaired) electrons. The molecule has 3 nitrogen and oxygen atoms in total. The first-order chi connectivity index (χ1) is 9.17. The molecular weight excluding hydrogens is 262 g/mol. The van der Waals surface area contributed by atoms with E-state index >= 15 is 0 Å². The molecule has 0 fully saturated rings. The normalized spacial score (nSPS) is 10.3.